The first-order valence-electron chi connectivity index (χ1n) is 7.51. The topological polar surface area (TPSA) is 76.7 Å². The largest absolute Gasteiger partial charge is 0.493 e. The summed E-state index contributed by atoms with van der Waals surface area (Å²) in [4.78, 5) is 24.0. The number of carbonyl (C=O) groups excluding carboxylic acids is 2. The smallest absolute Gasteiger partial charge is 0.252 e. The van der Waals surface area contributed by atoms with Crippen LogP contribution in [0.2, 0.25) is 0 Å². The summed E-state index contributed by atoms with van der Waals surface area (Å²) in [6.45, 7) is 0.358. The fourth-order valence-electron chi connectivity index (χ4n) is 2.22. The van der Waals surface area contributed by atoms with Crippen LogP contribution in [0.15, 0.2) is 36.4 Å². The van der Waals surface area contributed by atoms with E-state index < -0.39 is 0 Å². The summed E-state index contributed by atoms with van der Waals surface area (Å²) in [6.07, 6.45) is 0. The third-order valence-electron chi connectivity index (χ3n) is 3.61. The van der Waals surface area contributed by atoms with Crippen molar-refractivity contribution in [1.29, 1.82) is 0 Å². The van der Waals surface area contributed by atoms with Gasteiger partial charge < -0.3 is 20.1 Å². The quantitative estimate of drug-likeness (QED) is 0.659. The second-order valence-electron chi connectivity index (χ2n) is 5.15. The molecule has 6 nitrogen and oxygen atoms in total. The molecule has 0 aliphatic carbocycles. The Bertz CT molecular complexity index is 775. The van der Waals surface area contributed by atoms with E-state index in [1.165, 1.54) is 7.11 Å². The van der Waals surface area contributed by atoms with Crippen LogP contribution in [0.1, 0.15) is 26.3 Å². The number of carbonyl (C=O) groups is 2. The van der Waals surface area contributed by atoms with Gasteiger partial charge in [-0.3, -0.25) is 9.59 Å². The summed E-state index contributed by atoms with van der Waals surface area (Å²) in [6, 6.07) is 10.5. The van der Waals surface area contributed by atoms with Crippen LogP contribution in [0.25, 0.3) is 0 Å². The Morgan fingerprint density at radius 3 is 2.16 bits per heavy atom. The van der Waals surface area contributed by atoms with E-state index in [0.717, 1.165) is 9.13 Å². The van der Waals surface area contributed by atoms with Crippen molar-refractivity contribution < 1.29 is 19.1 Å². The maximum absolute atomic E-state index is 12.5. The average molecular weight is 454 g/mol. The van der Waals surface area contributed by atoms with E-state index in [-0.39, 0.29) is 11.8 Å². The summed E-state index contributed by atoms with van der Waals surface area (Å²) in [5.74, 6) is 0.729. The molecule has 0 atom stereocenters. The zero-order valence-electron chi connectivity index (χ0n) is 14.2. The van der Waals surface area contributed by atoms with Gasteiger partial charge in [-0.1, -0.05) is 12.1 Å². The van der Waals surface area contributed by atoms with Crippen molar-refractivity contribution in [1.82, 2.24) is 10.6 Å². The Morgan fingerprint density at radius 2 is 1.60 bits per heavy atom. The maximum Gasteiger partial charge on any atom is 0.252 e. The van der Waals surface area contributed by atoms with E-state index in [9.17, 15) is 9.59 Å². The Balaban J connectivity index is 2.08. The van der Waals surface area contributed by atoms with E-state index in [1.807, 2.05) is 12.1 Å². The third kappa shape index (κ3) is 4.62. The van der Waals surface area contributed by atoms with Crippen molar-refractivity contribution in [3.63, 3.8) is 0 Å². The fourth-order valence-corrected chi connectivity index (χ4v) is 2.91. The highest BCUT2D eigenvalue weighted by Crippen LogP contribution is 2.31. The minimum Gasteiger partial charge on any atom is -0.493 e. The number of halogens is 1. The molecule has 0 radical (unpaired) electrons. The van der Waals surface area contributed by atoms with Gasteiger partial charge in [-0.05, 0) is 52.4 Å². The third-order valence-corrected chi connectivity index (χ3v) is 4.51. The highest BCUT2D eigenvalue weighted by atomic mass is 127. The lowest BCUT2D eigenvalue weighted by atomic mass is 10.1. The van der Waals surface area contributed by atoms with Crippen LogP contribution < -0.4 is 20.1 Å². The van der Waals surface area contributed by atoms with Crippen molar-refractivity contribution in [3.8, 4) is 11.5 Å². The SMILES string of the molecule is CNC(=O)c1ccc(CNC(=O)c2cc(OC)c(OC)cc2I)cc1. The molecule has 2 rings (SSSR count). The summed E-state index contributed by atoms with van der Waals surface area (Å²) in [5.41, 5.74) is 1.99. The van der Waals surface area contributed by atoms with Crippen LogP contribution in [-0.4, -0.2) is 33.1 Å². The number of hydrogen-bond donors (Lipinski definition) is 2. The van der Waals surface area contributed by atoms with Gasteiger partial charge in [0.15, 0.2) is 11.5 Å². The number of methoxy groups -OCH3 is 2. The van der Waals surface area contributed by atoms with E-state index in [0.29, 0.717) is 29.2 Å². The van der Waals surface area contributed by atoms with E-state index >= 15 is 0 Å². The molecule has 0 saturated carbocycles. The predicted octanol–water partition coefficient (Wildman–Crippen LogP) is 2.60. The standard InChI is InChI=1S/C18H19IN2O4/c1-20-17(22)12-6-4-11(5-7-12)10-21-18(23)13-8-15(24-2)16(25-3)9-14(13)19/h4-9H,10H2,1-3H3,(H,20,22)(H,21,23). The summed E-state index contributed by atoms with van der Waals surface area (Å²) < 4.78 is 11.2. The second-order valence-corrected chi connectivity index (χ2v) is 6.31. The Kier molecular flexibility index (Phi) is 6.63. The van der Waals surface area contributed by atoms with Crippen LogP contribution in [0.3, 0.4) is 0 Å². The molecule has 0 aromatic heterocycles. The normalized spacial score (nSPS) is 10.1. The van der Waals surface area contributed by atoms with E-state index in [4.69, 9.17) is 9.47 Å². The molecule has 0 aliphatic heterocycles. The van der Waals surface area contributed by atoms with E-state index in [2.05, 4.69) is 33.2 Å². The molecule has 25 heavy (non-hydrogen) atoms. The maximum atomic E-state index is 12.5. The molecule has 2 N–H and O–H groups in total. The first kappa shape index (κ1) is 19.0. The van der Waals surface area contributed by atoms with Gasteiger partial charge in [0.05, 0.1) is 19.8 Å². The molecule has 0 saturated heterocycles. The lowest BCUT2D eigenvalue weighted by Gasteiger charge is -2.12. The summed E-state index contributed by atoms with van der Waals surface area (Å²) in [5, 5.41) is 5.43. The molecular formula is C18H19IN2O4. The molecule has 0 aliphatic rings. The summed E-state index contributed by atoms with van der Waals surface area (Å²) in [7, 11) is 4.66. The number of rotatable bonds is 6. The average Bonchev–Trinajstić information content (AvgIpc) is 2.65. The predicted molar refractivity (Wildman–Crippen MR) is 103 cm³/mol. The van der Waals surface area contributed by atoms with Crippen LogP contribution in [0.5, 0.6) is 11.5 Å². The van der Waals surface area contributed by atoms with Gasteiger partial charge >= 0.3 is 0 Å². The number of amides is 2. The second kappa shape index (κ2) is 8.70. The Hall–Kier alpha value is -2.29. The molecule has 0 fully saturated rings. The number of ether oxygens (including phenoxy) is 2. The van der Waals surface area contributed by atoms with Gasteiger partial charge in [-0.2, -0.15) is 0 Å². The first-order valence-corrected chi connectivity index (χ1v) is 8.58. The minimum atomic E-state index is -0.208. The van der Waals surface area contributed by atoms with Crippen molar-refractivity contribution in [2.75, 3.05) is 21.3 Å². The molecule has 2 aromatic carbocycles. The molecule has 7 heteroatoms. The Labute approximate surface area is 160 Å². The number of nitrogens with one attached hydrogen (secondary N) is 2. The lowest BCUT2D eigenvalue weighted by molar-refractivity contribution is 0.0945. The van der Waals surface area contributed by atoms with Crippen molar-refractivity contribution in [2.24, 2.45) is 0 Å². The van der Waals surface area contributed by atoms with Gasteiger partial charge in [-0.15, -0.1) is 0 Å². The van der Waals surface area contributed by atoms with Crippen LogP contribution >= 0.6 is 22.6 Å². The molecular weight excluding hydrogens is 435 g/mol. The van der Waals surface area contributed by atoms with Gasteiger partial charge in [0.2, 0.25) is 0 Å². The molecule has 0 heterocycles. The highest BCUT2D eigenvalue weighted by molar-refractivity contribution is 14.1. The summed E-state index contributed by atoms with van der Waals surface area (Å²) >= 11 is 2.09. The van der Waals surface area contributed by atoms with Crippen molar-refractivity contribution >= 4 is 34.4 Å². The molecule has 0 unspecified atom stereocenters. The monoisotopic (exact) mass is 454 g/mol. The van der Waals surface area contributed by atoms with Crippen molar-refractivity contribution in [3.05, 3.63) is 56.7 Å². The van der Waals surface area contributed by atoms with Gasteiger partial charge in [-0.25, -0.2) is 0 Å². The fraction of sp³-hybridized carbons (Fsp3) is 0.222. The first-order chi connectivity index (χ1) is 12.0. The van der Waals surface area contributed by atoms with Crippen LogP contribution in [0.4, 0.5) is 0 Å². The van der Waals surface area contributed by atoms with Gasteiger partial charge in [0.25, 0.3) is 11.8 Å². The van der Waals surface area contributed by atoms with Gasteiger partial charge in [0.1, 0.15) is 0 Å². The molecule has 0 bridgehead atoms. The highest BCUT2D eigenvalue weighted by Gasteiger charge is 2.15. The molecule has 2 amide bonds. The van der Waals surface area contributed by atoms with Crippen molar-refractivity contribution in [2.45, 2.75) is 6.54 Å². The number of hydrogen-bond acceptors (Lipinski definition) is 4. The number of benzene rings is 2. The Morgan fingerprint density at radius 1 is 1.00 bits per heavy atom. The lowest BCUT2D eigenvalue weighted by Crippen LogP contribution is -2.24. The molecule has 2 aromatic rings. The van der Waals surface area contributed by atoms with Gasteiger partial charge in [0, 0.05) is 22.7 Å². The zero-order valence-corrected chi connectivity index (χ0v) is 16.3. The van der Waals surface area contributed by atoms with Crippen LogP contribution in [-0.2, 0) is 6.54 Å². The van der Waals surface area contributed by atoms with E-state index in [1.54, 1.807) is 38.4 Å². The zero-order chi connectivity index (χ0) is 18.4. The molecule has 132 valence electrons. The molecule has 0 spiro atoms. The minimum absolute atomic E-state index is 0.143. The van der Waals surface area contributed by atoms with Crippen LogP contribution in [0, 0.1) is 3.57 Å².